The number of rotatable bonds is 7. The van der Waals surface area contributed by atoms with E-state index in [-0.39, 0.29) is 0 Å². The lowest BCUT2D eigenvalue weighted by molar-refractivity contribution is 0.234. The Balaban J connectivity index is 1.48. The summed E-state index contributed by atoms with van der Waals surface area (Å²) in [7, 11) is 0. The number of hydrogen-bond donors (Lipinski definition) is 2. The molecule has 0 atom stereocenters. The second-order valence-corrected chi connectivity index (χ2v) is 6.81. The highest BCUT2D eigenvalue weighted by atomic mass is 16.5. The molecular formula is C25H23N3O3. The number of aromatic nitrogens is 1. The van der Waals surface area contributed by atoms with Crippen LogP contribution in [0.15, 0.2) is 90.1 Å². The van der Waals surface area contributed by atoms with Gasteiger partial charge in [0.25, 0.3) is 0 Å². The third kappa shape index (κ3) is 4.99. The van der Waals surface area contributed by atoms with Gasteiger partial charge in [-0.25, -0.2) is 4.98 Å². The van der Waals surface area contributed by atoms with Gasteiger partial charge in [0.1, 0.15) is 11.5 Å². The lowest BCUT2D eigenvalue weighted by Crippen LogP contribution is -2.20. The molecule has 0 aliphatic rings. The average molecular weight is 413 g/mol. The van der Waals surface area contributed by atoms with Crippen LogP contribution in [0.25, 0.3) is 10.8 Å². The van der Waals surface area contributed by atoms with Crippen LogP contribution < -0.4 is 15.0 Å². The monoisotopic (exact) mass is 413 g/mol. The van der Waals surface area contributed by atoms with Crippen LogP contribution in [-0.4, -0.2) is 22.6 Å². The van der Waals surface area contributed by atoms with Gasteiger partial charge in [-0.2, -0.15) is 0 Å². The maximum Gasteiger partial charge on any atom is 0.219 e. The third-order valence-electron chi connectivity index (χ3n) is 4.74. The fourth-order valence-electron chi connectivity index (χ4n) is 3.22. The van der Waals surface area contributed by atoms with E-state index in [0.717, 1.165) is 22.1 Å². The average Bonchev–Trinajstić information content (AvgIpc) is 2.81. The molecule has 0 fully saturated rings. The summed E-state index contributed by atoms with van der Waals surface area (Å²) in [6, 6.07) is 25.2. The molecule has 4 aromatic rings. The van der Waals surface area contributed by atoms with Crippen LogP contribution in [-0.2, 0) is 6.54 Å². The summed E-state index contributed by atoms with van der Waals surface area (Å²) in [5.41, 5.74) is 3.73. The van der Waals surface area contributed by atoms with Gasteiger partial charge in [-0.3, -0.25) is 15.7 Å². The molecule has 0 bridgehead atoms. The summed E-state index contributed by atoms with van der Waals surface area (Å²) in [5.74, 6) is 2.26. The molecule has 6 heteroatoms. The van der Waals surface area contributed by atoms with Crippen LogP contribution in [0.5, 0.6) is 17.4 Å². The predicted octanol–water partition coefficient (Wildman–Crippen LogP) is 5.35. The van der Waals surface area contributed by atoms with E-state index in [1.807, 2.05) is 67.6 Å². The molecule has 156 valence electrons. The van der Waals surface area contributed by atoms with E-state index in [9.17, 15) is 5.21 Å². The van der Waals surface area contributed by atoms with Crippen molar-refractivity contribution >= 4 is 16.6 Å². The highest BCUT2D eigenvalue weighted by Gasteiger charge is 2.07. The van der Waals surface area contributed by atoms with Gasteiger partial charge in [0, 0.05) is 23.4 Å². The first-order chi connectivity index (χ1) is 15.3. The number of hydroxylamine groups is 1. The summed E-state index contributed by atoms with van der Waals surface area (Å²) in [6.45, 7) is 2.87. The maximum atomic E-state index is 9.56. The van der Waals surface area contributed by atoms with Crippen molar-refractivity contribution in [3.05, 3.63) is 96.2 Å². The van der Waals surface area contributed by atoms with Gasteiger partial charge < -0.3 is 9.47 Å². The summed E-state index contributed by atoms with van der Waals surface area (Å²) in [4.78, 5) is 8.81. The number of fused-ring (bicyclic) bond motifs is 1. The molecular weight excluding hydrogens is 390 g/mol. The third-order valence-corrected chi connectivity index (χ3v) is 4.74. The van der Waals surface area contributed by atoms with Crippen LogP contribution in [0.1, 0.15) is 18.1 Å². The second-order valence-electron chi connectivity index (χ2n) is 6.81. The number of pyridine rings is 1. The summed E-state index contributed by atoms with van der Waals surface area (Å²) in [6.07, 6.45) is 1.60. The fourth-order valence-corrected chi connectivity index (χ4v) is 3.22. The van der Waals surface area contributed by atoms with E-state index in [4.69, 9.17) is 9.47 Å². The number of benzene rings is 3. The molecule has 1 aromatic heterocycles. The molecule has 0 radical (unpaired) electrons. The van der Waals surface area contributed by atoms with E-state index in [1.165, 1.54) is 0 Å². The van der Waals surface area contributed by atoms with E-state index < -0.39 is 0 Å². The molecule has 0 unspecified atom stereocenters. The molecule has 0 aliphatic heterocycles. The second kappa shape index (κ2) is 9.73. The zero-order chi connectivity index (χ0) is 21.5. The molecule has 0 saturated carbocycles. The molecule has 0 spiro atoms. The Hall–Kier alpha value is -3.90. The molecule has 31 heavy (non-hydrogen) atoms. The topological polar surface area (TPSA) is 76.0 Å². The minimum Gasteiger partial charge on any atom is -0.494 e. The Bertz CT molecular complexity index is 1190. The van der Waals surface area contributed by atoms with Crippen LogP contribution in [0, 0.1) is 0 Å². The van der Waals surface area contributed by atoms with E-state index in [0.29, 0.717) is 36.2 Å². The van der Waals surface area contributed by atoms with Crippen molar-refractivity contribution in [1.82, 2.24) is 10.5 Å². The molecule has 3 aromatic carbocycles. The van der Waals surface area contributed by atoms with Crippen LogP contribution in [0.4, 0.5) is 0 Å². The number of aliphatic imine (C=N–C) groups is 1. The van der Waals surface area contributed by atoms with Crippen molar-refractivity contribution in [3.63, 3.8) is 0 Å². The van der Waals surface area contributed by atoms with Gasteiger partial charge in [0.2, 0.25) is 5.88 Å². The molecule has 0 aliphatic carbocycles. The molecule has 4 rings (SSSR count). The predicted molar refractivity (Wildman–Crippen MR) is 121 cm³/mol. The van der Waals surface area contributed by atoms with Crippen molar-refractivity contribution in [2.75, 3.05) is 6.61 Å². The van der Waals surface area contributed by atoms with E-state index >= 15 is 0 Å². The number of hydrogen-bond acceptors (Lipinski definition) is 5. The van der Waals surface area contributed by atoms with Gasteiger partial charge in [0.05, 0.1) is 13.2 Å². The Morgan fingerprint density at radius 2 is 1.77 bits per heavy atom. The molecule has 6 nitrogen and oxygen atoms in total. The van der Waals surface area contributed by atoms with Gasteiger partial charge in [0.15, 0.2) is 5.84 Å². The van der Waals surface area contributed by atoms with Crippen LogP contribution in [0.3, 0.4) is 0 Å². The number of amidine groups is 1. The minimum atomic E-state index is 0.316. The van der Waals surface area contributed by atoms with E-state index in [2.05, 4.69) is 21.5 Å². The van der Waals surface area contributed by atoms with Crippen molar-refractivity contribution in [1.29, 1.82) is 0 Å². The Kier molecular flexibility index (Phi) is 6.40. The van der Waals surface area contributed by atoms with Crippen LogP contribution in [0.2, 0.25) is 0 Å². The molecule has 2 N–H and O–H groups in total. The summed E-state index contributed by atoms with van der Waals surface area (Å²) < 4.78 is 11.5. The van der Waals surface area contributed by atoms with Crippen molar-refractivity contribution in [2.45, 2.75) is 13.5 Å². The number of nitrogens with zero attached hydrogens (tertiary/aromatic N) is 2. The van der Waals surface area contributed by atoms with Crippen molar-refractivity contribution in [3.8, 4) is 17.4 Å². The summed E-state index contributed by atoms with van der Waals surface area (Å²) in [5, 5.41) is 11.8. The largest absolute Gasteiger partial charge is 0.494 e. The summed E-state index contributed by atoms with van der Waals surface area (Å²) >= 11 is 0. The highest BCUT2D eigenvalue weighted by molar-refractivity contribution is 5.97. The fraction of sp³-hybridized carbons (Fsp3) is 0.120. The van der Waals surface area contributed by atoms with Gasteiger partial charge in [-0.1, -0.05) is 48.5 Å². The lowest BCUT2D eigenvalue weighted by atomic mass is 10.1. The Labute approximate surface area is 180 Å². The smallest absolute Gasteiger partial charge is 0.219 e. The standard InChI is InChI=1S/C25H23N3O3/c1-2-30-23-10-6-5-9-20(23)16-27-25(28-29)21-12-14-24(26-17-21)31-22-13-11-18-7-3-4-8-19(18)15-22/h3-15,17,29H,2,16H2,1H3,(H,27,28). The van der Waals surface area contributed by atoms with Gasteiger partial charge in [-0.15, -0.1) is 0 Å². The number of ether oxygens (including phenoxy) is 2. The quantitative estimate of drug-likeness (QED) is 0.243. The van der Waals surface area contributed by atoms with Gasteiger partial charge in [-0.05, 0) is 42.0 Å². The van der Waals surface area contributed by atoms with Gasteiger partial charge >= 0.3 is 0 Å². The van der Waals surface area contributed by atoms with E-state index in [1.54, 1.807) is 18.3 Å². The first kappa shape index (κ1) is 20.4. The lowest BCUT2D eigenvalue weighted by Gasteiger charge is -2.10. The maximum absolute atomic E-state index is 9.56. The van der Waals surface area contributed by atoms with Crippen molar-refractivity contribution in [2.24, 2.45) is 4.99 Å². The SMILES string of the molecule is CCOc1ccccc1CN=C(NO)c1ccc(Oc2ccc3ccccc3c2)nc1. The highest BCUT2D eigenvalue weighted by Crippen LogP contribution is 2.25. The molecule has 1 heterocycles. The zero-order valence-electron chi connectivity index (χ0n) is 17.2. The molecule has 0 saturated heterocycles. The zero-order valence-corrected chi connectivity index (χ0v) is 17.2. The normalized spacial score (nSPS) is 11.4. The molecule has 0 amide bonds. The first-order valence-corrected chi connectivity index (χ1v) is 10.0. The van der Waals surface area contributed by atoms with Crippen molar-refractivity contribution < 1.29 is 14.7 Å². The Morgan fingerprint density at radius 1 is 0.968 bits per heavy atom. The van der Waals surface area contributed by atoms with Crippen LogP contribution >= 0.6 is 0 Å². The number of nitrogens with one attached hydrogen (secondary N) is 1. The Morgan fingerprint density at radius 3 is 2.55 bits per heavy atom. The minimum absolute atomic E-state index is 0.316. The number of para-hydroxylation sites is 1. The first-order valence-electron chi connectivity index (χ1n) is 10.0.